The molecule has 0 bridgehead atoms. The molecule has 3 aromatic carbocycles. The molecule has 0 unspecified atom stereocenters. The molecule has 4 heteroatoms. The van der Waals surface area contributed by atoms with Gasteiger partial charge in [0.05, 0.1) is 13.2 Å². The predicted octanol–water partition coefficient (Wildman–Crippen LogP) is 4.37. The minimum absolute atomic E-state index is 0.178. The topological polar surface area (TPSA) is 32.7 Å². The van der Waals surface area contributed by atoms with E-state index in [1.807, 2.05) is 48.5 Å². The lowest BCUT2D eigenvalue weighted by molar-refractivity contribution is -0.0223. The minimum atomic E-state index is -1.19. The van der Waals surface area contributed by atoms with Crippen LogP contribution in [-0.4, -0.2) is 42.9 Å². The normalized spacial score (nSPS) is 17.9. The highest BCUT2D eigenvalue weighted by Gasteiger charge is 2.40. The Morgan fingerprint density at radius 2 is 1.47 bits per heavy atom. The van der Waals surface area contributed by atoms with Crippen molar-refractivity contribution < 1.29 is 14.2 Å². The number of rotatable bonds is 7. The standard InChI is InChI=1S/C26H28FNO2/c27-24-13-11-23(12-14-24)26(29,19-21-7-3-1-4-8-21)25(22-9-5-2-6-10-22)20-28-15-17-30-18-16-28/h1-14,25,29H,15-20H2/t25-,26+/m0/s1. The van der Waals surface area contributed by atoms with Crippen LogP contribution in [0.3, 0.4) is 0 Å². The van der Waals surface area contributed by atoms with E-state index in [0.29, 0.717) is 26.2 Å². The predicted molar refractivity (Wildman–Crippen MR) is 117 cm³/mol. The maximum absolute atomic E-state index is 13.7. The minimum Gasteiger partial charge on any atom is -0.384 e. The molecule has 156 valence electrons. The van der Waals surface area contributed by atoms with Crippen molar-refractivity contribution in [1.29, 1.82) is 0 Å². The average Bonchev–Trinajstić information content (AvgIpc) is 2.80. The van der Waals surface area contributed by atoms with E-state index < -0.39 is 5.60 Å². The highest BCUT2D eigenvalue weighted by atomic mass is 19.1. The van der Waals surface area contributed by atoms with E-state index in [1.54, 1.807) is 12.1 Å². The quantitative estimate of drug-likeness (QED) is 0.634. The smallest absolute Gasteiger partial charge is 0.123 e. The first kappa shape index (κ1) is 20.7. The van der Waals surface area contributed by atoms with E-state index >= 15 is 0 Å². The zero-order chi connectivity index (χ0) is 20.8. The summed E-state index contributed by atoms with van der Waals surface area (Å²) in [7, 11) is 0. The molecule has 1 aliphatic heterocycles. The summed E-state index contributed by atoms with van der Waals surface area (Å²) in [5.74, 6) is -0.479. The molecule has 1 N–H and O–H groups in total. The second-order valence-electron chi connectivity index (χ2n) is 7.97. The van der Waals surface area contributed by atoms with Gasteiger partial charge in [0.25, 0.3) is 0 Å². The maximum Gasteiger partial charge on any atom is 0.123 e. The number of halogens is 1. The molecule has 0 aliphatic carbocycles. The number of nitrogens with zero attached hydrogens (tertiary/aromatic N) is 1. The lowest BCUT2D eigenvalue weighted by Gasteiger charge is -2.41. The maximum atomic E-state index is 13.7. The molecule has 1 heterocycles. The van der Waals surface area contributed by atoms with E-state index in [4.69, 9.17) is 4.74 Å². The summed E-state index contributed by atoms with van der Waals surface area (Å²) < 4.78 is 19.2. The molecule has 1 aliphatic rings. The highest BCUT2D eigenvalue weighted by molar-refractivity contribution is 5.34. The Hall–Kier alpha value is -2.53. The summed E-state index contributed by atoms with van der Waals surface area (Å²) in [5, 5.41) is 12.3. The molecule has 0 radical (unpaired) electrons. The molecule has 0 spiro atoms. The number of benzene rings is 3. The van der Waals surface area contributed by atoms with Gasteiger partial charge in [0.15, 0.2) is 0 Å². The molecule has 4 rings (SSSR count). The van der Waals surface area contributed by atoms with Crippen molar-refractivity contribution in [2.45, 2.75) is 17.9 Å². The molecule has 30 heavy (non-hydrogen) atoms. The fraction of sp³-hybridized carbons (Fsp3) is 0.308. The van der Waals surface area contributed by atoms with Gasteiger partial charge in [0.2, 0.25) is 0 Å². The van der Waals surface area contributed by atoms with Crippen LogP contribution >= 0.6 is 0 Å². The average molecular weight is 406 g/mol. The van der Waals surface area contributed by atoms with Crippen molar-refractivity contribution in [3.05, 3.63) is 107 Å². The molecule has 0 saturated carbocycles. The Labute approximate surface area is 177 Å². The Bertz CT molecular complexity index is 911. The van der Waals surface area contributed by atoms with E-state index in [2.05, 4.69) is 17.0 Å². The Balaban J connectivity index is 1.77. The van der Waals surface area contributed by atoms with Gasteiger partial charge < -0.3 is 9.84 Å². The number of morpholine rings is 1. The van der Waals surface area contributed by atoms with Crippen LogP contribution in [0.2, 0.25) is 0 Å². The first-order valence-corrected chi connectivity index (χ1v) is 10.5. The van der Waals surface area contributed by atoms with Gasteiger partial charge in [-0.05, 0) is 28.8 Å². The summed E-state index contributed by atoms with van der Waals surface area (Å²) in [6, 6.07) is 26.5. The van der Waals surface area contributed by atoms with Crippen molar-refractivity contribution in [3.63, 3.8) is 0 Å². The summed E-state index contributed by atoms with van der Waals surface area (Å²) in [6.07, 6.45) is 0.448. The van der Waals surface area contributed by atoms with Crippen molar-refractivity contribution in [2.75, 3.05) is 32.8 Å². The zero-order valence-electron chi connectivity index (χ0n) is 17.1. The Morgan fingerprint density at radius 1 is 0.867 bits per heavy atom. The van der Waals surface area contributed by atoms with E-state index in [9.17, 15) is 9.50 Å². The zero-order valence-corrected chi connectivity index (χ0v) is 17.1. The van der Waals surface area contributed by atoms with Crippen LogP contribution < -0.4 is 0 Å². The fourth-order valence-corrected chi connectivity index (χ4v) is 4.33. The van der Waals surface area contributed by atoms with Gasteiger partial charge in [-0.1, -0.05) is 72.8 Å². The summed E-state index contributed by atoms with van der Waals surface area (Å²) >= 11 is 0. The molecular formula is C26H28FNO2. The van der Waals surface area contributed by atoms with Crippen molar-refractivity contribution in [1.82, 2.24) is 4.90 Å². The van der Waals surface area contributed by atoms with Gasteiger partial charge in [-0.15, -0.1) is 0 Å². The lowest BCUT2D eigenvalue weighted by Crippen LogP contribution is -2.45. The van der Waals surface area contributed by atoms with Crippen LogP contribution in [0.25, 0.3) is 0 Å². The van der Waals surface area contributed by atoms with Gasteiger partial charge in [0.1, 0.15) is 11.4 Å². The summed E-state index contributed by atoms with van der Waals surface area (Å²) in [4.78, 5) is 2.35. The van der Waals surface area contributed by atoms with Crippen LogP contribution in [-0.2, 0) is 16.8 Å². The van der Waals surface area contributed by atoms with Gasteiger partial charge in [-0.3, -0.25) is 4.90 Å². The second-order valence-corrected chi connectivity index (χ2v) is 7.97. The fourth-order valence-electron chi connectivity index (χ4n) is 4.33. The van der Waals surface area contributed by atoms with Crippen LogP contribution in [0.4, 0.5) is 4.39 Å². The number of hydrogen-bond donors (Lipinski definition) is 1. The first-order valence-electron chi connectivity index (χ1n) is 10.5. The number of hydrogen-bond acceptors (Lipinski definition) is 3. The molecule has 1 fully saturated rings. The molecule has 3 aromatic rings. The third-order valence-electron chi connectivity index (χ3n) is 5.98. The van der Waals surface area contributed by atoms with E-state index in [-0.39, 0.29) is 11.7 Å². The number of ether oxygens (including phenoxy) is 1. The van der Waals surface area contributed by atoms with Crippen LogP contribution in [0.15, 0.2) is 84.9 Å². The van der Waals surface area contributed by atoms with Crippen LogP contribution in [0.1, 0.15) is 22.6 Å². The van der Waals surface area contributed by atoms with Gasteiger partial charge in [-0.2, -0.15) is 0 Å². The molecular weight excluding hydrogens is 377 g/mol. The molecule has 0 aromatic heterocycles. The van der Waals surface area contributed by atoms with E-state index in [1.165, 1.54) is 12.1 Å². The Kier molecular flexibility index (Phi) is 6.58. The third kappa shape index (κ3) is 4.78. The van der Waals surface area contributed by atoms with Gasteiger partial charge in [-0.25, -0.2) is 4.39 Å². The molecule has 2 atom stereocenters. The monoisotopic (exact) mass is 405 g/mol. The van der Waals surface area contributed by atoms with Crippen LogP contribution in [0, 0.1) is 5.82 Å². The van der Waals surface area contributed by atoms with Gasteiger partial charge >= 0.3 is 0 Å². The third-order valence-corrected chi connectivity index (χ3v) is 5.98. The summed E-state index contributed by atoms with van der Waals surface area (Å²) in [5.41, 5.74) is 1.67. The summed E-state index contributed by atoms with van der Waals surface area (Å²) in [6.45, 7) is 3.79. The number of aliphatic hydroxyl groups is 1. The van der Waals surface area contributed by atoms with Gasteiger partial charge in [0, 0.05) is 32.0 Å². The first-order chi connectivity index (χ1) is 14.6. The highest BCUT2D eigenvalue weighted by Crippen LogP contribution is 2.40. The molecule has 1 saturated heterocycles. The molecule has 3 nitrogen and oxygen atoms in total. The molecule has 0 amide bonds. The van der Waals surface area contributed by atoms with Crippen molar-refractivity contribution >= 4 is 0 Å². The van der Waals surface area contributed by atoms with Crippen molar-refractivity contribution in [2.24, 2.45) is 0 Å². The second kappa shape index (κ2) is 9.52. The van der Waals surface area contributed by atoms with Crippen LogP contribution in [0.5, 0.6) is 0 Å². The SMILES string of the molecule is O[C@](Cc1ccccc1)(c1ccc(F)cc1)[C@@H](CN1CCOCC1)c1ccccc1. The Morgan fingerprint density at radius 3 is 2.10 bits per heavy atom. The lowest BCUT2D eigenvalue weighted by atomic mass is 9.73. The van der Waals surface area contributed by atoms with Crippen molar-refractivity contribution in [3.8, 4) is 0 Å². The van der Waals surface area contributed by atoms with E-state index in [0.717, 1.165) is 29.8 Å². The largest absolute Gasteiger partial charge is 0.384 e.